The van der Waals surface area contributed by atoms with E-state index in [4.69, 9.17) is 5.73 Å². The Kier molecular flexibility index (Phi) is 4.90. The summed E-state index contributed by atoms with van der Waals surface area (Å²) in [5.41, 5.74) is 8.84. The third kappa shape index (κ3) is 4.27. The van der Waals surface area contributed by atoms with Gasteiger partial charge in [0.2, 0.25) is 5.95 Å². The van der Waals surface area contributed by atoms with Crippen LogP contribution in [0.3, 0.4) is 0 Å². The lowest BCUT2D eigenvalue weighted by Crippen LogP contribution is -2.07. The molecule has 4 rings (SSSR count). The van der Waals surface area contributed by atoms with Gasteiger partial charge in [0.25, 0.3) is 0 Å². The molecule has 0 aliphatic heterocycles. The Morgan fingerprint density at radius 2 is 1.90 bits per heavy atom. The number of rotatable bonds is 5. The zero-order chi connectivity index (χ0) is 21.3. The molecule has 0 spiro atoms. The first-order valence-corrected chi connectivity index (χ1v) is 9.01. The van der Waals surface area contributed by atoms with E-state index in [0.717, 1.165) is 23.5 Å². The van der Waals surface area contributed by atoms with Crippen LogP contribution in [0.1, 0.15) is 16.8 Å². The van der Waals surface area contributed by atoms with Crippen LogP contribution in [0, 0.1) is 6.92 Å². The van der Waals surface area contributed by atoms with Crippen LogP contribution in [0.5, 0.6) is 0 Å². The molecule has 0 unspecified atom stereocenters. The number of nitrogens with two attached hydrogens (primary N) is 1. The van der Waals surface area contributed by atoms with Crippen molar-refractivity contribution in [2.45, 2.75) is 19.6 Å². The number of imidazole rings is 1. The quantitative estimate of drug-likeness (QED) is 0.480. The van der Waals surface area contributed by atoms with Gasteiger partial charge in [0, 0.05) is 11.9 Å². The summed E-state index contributed by atoms with van der Waals surface area (Å²) in [6, 6.07) is 10.6. The smallest absolute Gasteiger partial charge is 0.397 e. The van der Waals surface area contributed by atoms with Crippen LogP contribution in [-0.2, 0) is 12.7 Å². The van der Waals surface area contributed by atoms with Gasteiger partial charge >= 0.3 is 6.18 Å². The van der Waals surface area contributed by atoms with E-state index in [1.54, 1.807) is 18.5 Å². The highest BCUT2D eigenvalue weighted by atomic mass is 19.4. The average molecular weight is 413 g/mol. The number of anilines is 3. The predicted octanol–water partition coefficient (Wildman–Crippen LogP) is 4.17. The minimum absolute atomic E-state index is 0.166. The summed E-state index contributed by atoms with van der Waals surface area (Å²) in [6.45, 7) is 2.06. The fourth-order valence-corrected chi connectivity index (χ4v) is 3.01. The predicted molar refractivity (Wildman–Crippen MR) is 107 cm³/mol. The van der Waals surface area contributed by atoms with Crippen molar-refractivity contribution in [1.82, 2.24) is 24.3 Å². The van der Waals surface area contributed by atoms with Gasteiger partial charge in [-0.3, -0.25) is 0 Å². The number of nitrogens with one attached hydrogen (secondary N) is 1. The SMILES string of the molecule is Cc1cn(-c2ccc(Nc3ncn(Cc4cccc(C(F)(F)F)c4)n3)cc2N)cn1. The molecule has 3 N–H and O–H groups in total. The average Bonchev–Trinajstić information content (AvgIpc) is 3.30. The summed E-state index contributed by atoms with van der Waals surface area (Å²) in [6.07, 6.45) is 0.627. The number of hydrogen-bond donors (Lipinski definition) is 2. The van der Waals surface area contributed by atoms with E-state index in [1.807, 2.05) is 29.8 Å². The number of aryl methyl sites for hydroxylation is 1. The maximum atomic E-state index is 12.9. The number of benzene rings is 2. The minimum Gasteiger partial charge on any atom is -0.397 e. The first kappa shape index (κ1) is 19.5. The molecule has 0 saturated carbocycles. The fourth-order valence-electron chi connectivity index (χ4n) is 3.01. The molecule has 0 saturated heterocycles. The Morgan fingerprint density at radius 1 is 1.07 bits per heavy atom. The van der Waals surface area contributed by atoms with Crippen LogP contribution in [0.4, 0.5) is 30.5 Å². The molecular weight excluding hydrogens is 395 g/mol. The van der Waals surface area contributed by atoms with E-state index in [1.165, 1.54) is 17.1 Å². The number of alkyl halides is 3. The van der Waals surface area contributed by atoms with E-state index >= 15 is 0 Å². The van der Waals surface area contributed by atoms with Gasteiger partial charge in [-0.15, -0.1) is 5.10 Å². The molecule has 0 radical (unpaired) electrons. The molecule has 0 atom stereocenters. The lowest BCUT2D eigenvalue weighted by atomic mass is 10.1. The number of nitrogen functional groups attached to an aromatic ring is 1. The van der Waals surface area contributed by atoms with E-state index in [0.29, 0.717) is 22.9 Å². The van der Waals surface area contributed by atoms with Crippen LogP contribution in [0.2, 0.25) is 0 Å². The van der Waals surface area contributed by atoms with Gasteiger partial charge in [0.1, 0.15) is 6.33 Å². The van der Waals surface area contributed by atoms with Crippen LogP contribution in [-0.4, -0.2) is 24.3 Å². The molecule has 0 bridgehead atoms. The first-order chi connectivity index (χ1) is 14.3. The highest BCUT2D eigenvalue weighted by molar-refractivity contribution is 5.67. The third-order valence-corrected chi connectivity index (χ3v) is 4.41. The van der Waals surface area contributed by atoms with E-state index < -0.39 is 11.7 Å². The maximum Gasteiger partial charge on any atom is 0.416 e. The molecular formula is C20H18F3N7. The summed E-state index contributed by atoms with van der Waals surface area (Å²) in [7, 11) is 0. The molecule has 0 fully saturated rings. The second-order valence-corrected chi connectivity index (χ2v) is 6.78. The van der Waals surface area contributed by atoms with Crippen molar-refractivity contribution >= 4 is 17.3 Å². The molecule has 7 nitrogen and oxygen atoms in total. The minimum atomic E-state index is -4.38. The van der Waals surface area contributed by atoms with E-state index in [2.05, 4.69) is 20.4 Å². The van der Waals surface area contributed by atoms with Crippen LogP contribution < -0.4 is 11.1 Å². The zero-order valence-corrected chi connectivity index (χ0v) is 15.9. The number of aromatic nitrogens is 5. The summed E-state index contributed by atoms with van der Waals surface area (Å²) in [5, 5.41) is 7.31. The molecule has 0 aliphatic rings. The van der Waals surface area contributed by atoms with Gasteiger partial charge in [-0.25, -0.2) is 14.6 Å². The lowest BCUT2D eigenvalue weighted by Gasteiger charge is -2.09. The number of hydrogen-bond acceptors (Lipinski definition) is 5. The molecule has 2 aromatic heterocycles. The van der Waals surface area contributed by atoms with Gasteiger partial charge in [0.05, 0.1) is 35.5 Å². The molecule has 0 amide bonds. The van der Waals surface area contributed by atoms with Crippen molar-refractivity contribution in [3.8, 4) is 5.69 Å². The second-order valence-electron chi connectivity index (χ2n) is 6.78. The number of nitrogens with zero attached hydrogens (tertiary/aromatic N) is 5. The summed E-state index contributed by atoms with van der Waals surface area (Å²) >= 11 is 0. The molecule has 30 heavy (non-hydrogen) atoms. The van der Waals surface area contributed by atoms with Crippen molar-refractivity contribution in [1.29, 1.82) is 0 Å². The topological polar surface area (TPSA) is 86.6 Å². The number of halogens is 3. The molecule has 4 aromatic rings. The van der Waals surface area contributed by atoms with Crippen LogP contribution in [0.15, 0.2) is 61.3 Å². The van der Waals surface area contributed by atoms with Crippen LogP contribution in [0.25, 0.3) is 5.69 Å². The fraction of sp³-hybridized carbons (Fsp3) is 0.150. The Hall–Kier alpha value is -3.82. The standard InChI is InChI=1S/C20H18F3N7/c1-13-9-29(11-25-13)18-6-5-16(8-17(18)24)27-19-26-12-30(28-19)10-14-3-2-4-15(7-14)20(21,22)23/h2-9,11-12H,10,24H2,1H3,(H,27,28). The molecule has 2 aromatic carbocycles. The van der Waals surface area contributed by atoms with Gasteiger partial charge < -0.3 is 15.6 Å². The largest absolute Gasteiger partial charge is 0.416 e. The monoisotopic (exact) mass is 413 g/mol. The van der Waals surface area contributed by atoms with Crippen molar-refractivity contribution in [3.63, 3.8) is 0 Å². The Bertz CT molecular complexity index is 1180. The van der Waals surface area contributed by atoms with Crippen molar-refractivity contribution in [2.24, 2.45) is 0 Å². The van der Waals surface area contributed by atoms with Crippen LogP contribution >= 0.6 is 0 Å². The van der Waals surface area contributed by atoms with Gasteiger partial charge in [-0.2, -0.15) is 13.2 Å². The summed E-state index contributed by atoms with van der Waals surface area (Å²) in [4.78, 5) is 8.34. The van der Waals surface area contributed by atoms with Gasteiger partial charge in [-0.1, -0.05) is 12.1 Å². The molecule has 154 valence electrons. The van der Waals surface area contributed by atoms with Gasteiger partial charge in [-0.05, 0) is 42.8 Å². The van der Waals surface area contributed by atoms with Gasteiger partial charge in [0.15, 0.2) is 0 Å². The molecule has 10 heteroatoms. The van der Waals surface area contributed by atoms with Crippen molar-refractivity contribution in [3.05, 3.63) is 78.1 Å². The Labute approximate surface area is 170 Å². The first-order valence-electron chi connectivity index (χ1n) is 9.01. The third-order valence-electron chi connectivity index (χ3n) is 4.41. The molecule has 0 aliphatic carbocycles. The van der Waals surface area contributed by atoms with E-state index in [-0.39, 0.29) is 6.54 Å². The molecule has 2 heterocycles. The van der Waals surface area contributed by atoms with Crippen molar-refractivity contribution < 1.29 is 13.2 Å². The van der Waals surface area contributed by atoms with E-state index in [9.17, 15) is 13.2 Å². The van der Waals surface area contributed by atoms with Crippen molar-refractivity contribution in [2.75, 3.05) is 11.1 Å². The second kappa shape index (κ2) is 7.54. The maximum absolute atomic E-state index is 12.9. The summed E-state index contributed by atoms with van der Waals surface area (Å²) < 4.78 is 41.9. The summed E-state index contributed by atoms with van der Waals surface area (Å²) in [5.74, 6) is 0.313. The highest BCUT2D eigenvalue weighted by Crippen LogP contribution is 2.29. The Balaban J connectivity index is 1.47. The highest BCUT2D eigenvalue weighted by Gasteiger charge is 2.30. The lowest BCUT2D eigenvalue weighted by molar-refractivity contribution is -0.137. The zero-order valence-electron chi connectivity index (χ0n) is 15.9. The normalized spacial score (nSPS) is 11.6. The Morgan fingerprint density at radius 3 is 2.60 bits per heavy atom.